The number of H-pyrrole nitrogens is 1. The van der Waals surface area contributed by atoms with E-state index < -0.39 is 0 Å². The topological polar surface area (TPSA) is 65.1 Å². The number of aromatic nitrogens is 3. The Kier molecular flexibility index (Phi) is 3.42. The van der Waals surface area contributed by atoms with Gasteiger partial charge in [0.1, 0.15) is 0 Å². The van der Waals surface area contributed by atoms with Gasteiger partial charge in [0.25, 0.3) is 5.91 Å². The van der Waals surface area contributed by atoms with Gasteiger partial charge in [-0.25, -0.2) is 4.98 Å². The molecule has 0 radical (unpaired) electrons. The molecule has 0 bridgehead atoms. The van der Waals surface area contributed by atoms with E-state index in [0.717, 1.165) is 30.1 Å². The lowest BCUT2D eigenvalue weighted by atomic mass is 10.2. The molecule has 3 aromatic rings. The minimum Gasteiger partial charge on any atom is -0.339 e. The number of pyridine rings is 1. The third-order valence-electron chi connectivity index (χ3n) is 4.15. The van der Waals surface area contributed by atoms with Crippen molar-refractivity contribution in [1.82, 2.24) is 19.9 Å². The number of hydrogen-bond donors (Lipinski definition) is 1. The Hall–Kier alpha value is -2.89. The fourth-order valence-corrected chi connectivity index (χ4v) is 2.88. The maximum absolute atomic E-state index is 12.4. The maximum atomic E-state index is 12.4. The van der Waals surface area contributed by atoms with Crippen LogP contribution in [-0.2, 0) is 0 Å². The van der Waals surface area contributed by atoms with E-state index in [-0.39, 0.29) is 5.91 Å². The number of imidazole rings is 1. The molecule has 116 valence electrons. The monoisotopic (exact) mass is 307 g/mol. The highest BCUT2D eigenvalue weighted by Crippen LogP contribution is 2.18. The molecule has 1 aliphatic heterocycles. The number of benzene rings is 1. The molecule has 4 rings (SSSR count). The van der Waals surface area contributed by atoms with Crippen LogP contribution in [0, 0.1) is 0 Å². The largest absolute Gasteiger partial charge is 0.339 e. The molecule has 1 aliphatic rings. The van der Waals surface area contributed by atoms with Crippen LogP contribution in [0.4, 0.5) is 5.95 Å². The molecule has 1 saturated heterocycles. The van der Waals surface area contributed by atoms with Crippen LogP contribution in [0.25, 0.3) is 11.0 Å². The molecular weight excluding hydrogens is 290 g/mol. The molecule has 2 aromatic heterocycles. The van der Waals surface area contributed by atoms with Crippen LogP contribution in [0.15, 0.2) is 48.8 Å². The number of para-hydroxylation sites is 2. The number of hydrogen-bond acceptors (Lipinski definition) is 4. The number of carbonyl (C=O) groups excluding carboxylic acids is 1. The van der Waals surface area contributed by atoms with Crippen LogP contribution in [-0.4, -0.2) is 51.9 Å². The van der Waals surface area contributed by atoms with E-state index in [4.69, 9.17) is 0 Å². The second-order valence-corrected chi connectivity index (χ2v) is 5.60. The molecular formula is C17H17N5O. The Morgan fingerprint density at radius 1 is 1.04 bits per heavy atom. The van der Waals surface area contributed by atoms with Gasteiger partial charge in [-0.1, -0.05) is 12.1 Å². The number of nitrogens with one attached hydrogen (secondary N) is 1. The van der Waals surface area contributed by atoms with E-state index in [0.29, 0.717) is 18.7 Å². The zero-order valence-electron chi connectivity index (χ0n) is 12.6. The fraction of sp³-hybridized carbons (Fsp3) is 0.235. The summed E-state index contributed by atoms with van der Waals surface area (Å²) in [6.45, 7) is 2.91. The van der Waals surface area contributed by atoms with Crippen LogP contribution in [0.1, 0.15) is 10.4 Å². The van der Waals surface area contributed by atoms with Gasteiger partial charge in [-0.05, 0) is 24.3 Å². The van der Waals surface area contributed by atoms with Gasteiger partial charge in [-0.15, -0.1) is 0 Å². The SMILES string of the molecule is O=C(c1cccnc1)N1CCN(c2nc3ccccc3[nH]2)CC1. The molecule has 6 nitrogen and oxygen atoms in total. The second-order valence-electron chi connectivity index (χ2n) is 5.60. The van der Waals surface area contributed by atoms with E-state index in [1.807, 2.05) is 29.2 Å². The zero-order valence-corrected chi connectivity index (χ0v) is 12.6. The Bertz CT molecular complexity index is 788. The van der Waals surface area contributed by atoms with Crippen molar-refractivity contribution in [2.75, 3.05) is 31.1 Å². The van der Waals surface area contributed by atoms with Crippen molar-refractivity contribution in [2.24, 2.45) is 0 Å². The molecule has 0 spiro atoms. The zero-order chi connectivity index (χ0) is 15.6. The summed E-state index contributed by atoms with van der Waals surface area (Å²) in [6.07, 6.45) is 3.30. The number of carbonyl (C=O) groups is 1. The summed E-state index contributed by atoms with van der Waals surface area (Å²) in [7, 11) is 0. The van der Waals surface area contributed by atoms with Crippen LogP contribution in [0.5, 0.6) is 0 Å². The van der Waals surface area contributed by atoms with Crippen molar-refractivity contribution >= 4 is 22.9 Å². The summed E-state index contributed by atoms with van der Waals surface area (Å²) < 4.78 is 0. The number of rotatable bonds is 2. The maximum Gasteiger partial charge on any atom is 0.255 e. The molecule has 1 fully saturated rings. The van der Waals surface area contributed by atoms with Gasteiger partial charge >= 0.3 is 0 Å². The highest BCUT2D eigenvalue weighted by Gasteiger charge is 2.23. The van der Waals surface area contributed by atoms with Crippen molar-refractivity contribution in [3.8, 4) is 0 Å². The molecule has 6 heteroatoms. The highest BCUT2D eigenvalue weighted by atomic mass is 16.2. The molecule has 1 N–H and O–H groups in total. The van der Waals surface area contributed by atoms with Crippen LogP contribution in [0.3, 0.4) is 0 Å². The summed E-state index contributed by atoms with van der Waals surface area (Å²) in [5.41, 5.74) is 2.65. The van der Waals surface area contributed by atoms with Crippen molar-refractivity contribution < 1.29 is 4.79 Å². The van der Waals surface area contributed by atoms with Gasteiger partial charge in [0.05, 0.1) is 16.6 Å². The molecule has 1 amide bonds. The van der Waals surface area contributed by atoms with E-state index in [2.05, 4.69) is 19.9 Å². The summed E-state index contributed by atoms with van der Waals surface area (Å²) in [5.74, 6) is 0.919. The van der Waals surface area contributed by atoms with E-state index in [1.165, 1.54) is 0 Å². The predicted octanol–water partition coefficient (Wildman–Crippen LogP) is 1.92. The van der Waals surface area contributed by atoms with E-state index in [9.17, 15) is 4.79 Å². The van der Waals surface area contributed by atoms with Gasteiger partial charge in [0.15, 0.2) is 0 Å². The lowest BCUT2D eigenvalue weighted by Gasteiger charge is -2.34. The number of aromatic amines is 1. The summed E-state index contributed by atoms with van der Waals surface area (Å²) >= 11 is 0. The lowest BCUT2D eigenvalue weighted by Crippen LogP contribution is -2.49. The van der Waals surface area contributed by atoms with E-state index >= 15 is 0 Å². The summed E-state index contributed by atoms with van der Waals surface area (Å²) in [6, 6.07) is 11.6. The molecule has 0 atom stereocenters. The average Bonchev–Trinajstić information content (AvgIpc) is 3.06. The molecule has 23 heavy (non-hydrogen) atoms. The van der Waals surface area contributed by atoms with Crippen molar-refractivity contribution in [3.63, 3.8) is 0 Å². The number of fused-ring (bicyclic) bond motifs is 1. The minimum atomic E-state index is 0.0438. The fourth-order valence-electron chi connectivity index (χ4n) is 2.88. The number of piperazine rings is 1. The molecule has 3 heterocycles. The first-order valence-corrected chi connectivity index (χ1v) is 7.70. The first kappa shape index (κ1) is 13.8. The van der Waals surface area contributed by atoms with Crippen LogP contribution in [0.2, 0.25) is 0 Å². The third kappa shape index (κ3) is 2.63. The molecule has 1 aromatic carbocycles. The summed E-state index contributed by atoms with van der Waals surface area (Å²) in [5, 5.41) is 0. The van der Waals surface area contributed by atoms with Crippen molar-refractivity contribution in [3.05, 3.63) is 54.4 Å². The van der Waals surface area contributed by atoms with Crippen LogP contribution < -0.4 is 4.90 Å². The number of nitrogens with zero attached hydrogens (tertiary/aromatic N) is 4. The van der Waals surface area contributed by atoms with Gasteiger partial charge in [-0.2, -0.15) is 0 Å². The number of anilines is 1. The smallest absolute Gasteiger partial charge is 0.255 e. The Morgan fingerprint density at radius 3 is 2.61 bits per heavy atom. The van der Waals surface area contributed by atoms with Gasteiger partial charge in [0.2, 0.25) is 5.95 Å². The molecule has 0 aliphatic carbocycles. The van der Waals surface area contributed by atoms with Gasteiger partial charge in [0, 0.05) is 38.6 Å². The predicted molar refractivity (Wildman–Crippen MR) is 88.4 cm³/mol. The Morgan fingerprint density at radius 2 is 1.87 bits per heavy atom. The lowest BCUT2D eigenvalue weighted by molar-refractivity contribution is 0.0746. The Labute approximate surface area is 133 Å². The minimum absolute atomic E-state index is 0.0438. The van der Waals surface area contributed by atoms with Crippen molar-refractivity contribution in [2.45, 2.75) is 0 Å². The number of amides is 1. The average molecular weight is 307 g/mol. The summed E-state index contributed by atoms with van der Waals surface area (Å²) in [4.78, 5) is 28.5. The van der Waals surface area contributed by atoms with Crippen molar-refractivity contribution in [1.29, 1.82) is 0 Å². The van der Waals surface area contributed by atoms with Crippen LogP contribution >= 0.6 is 0 Å². The van der Waals surface area contributed by atoms with Gasteiger partial charge in [-0.3, -0.25) is 9.78 Å². The normalized spacial score (nSPS) is 15.1. The first-order valence-electron chi connectivity index (χ1n) is 7.70. The molecule has 0 saturated carbocycles. The van der Waals surface area contributed by atoms with Gasteiger partial charge < -0.3 is 14.8 Å². The highest BCUT2D eigenvalue weighted by molar-refractivity contribution is 5.94. The molecule has 0 unspecified atom stereocenters. The standard InChI is InChI=1S/C17H17N5O/c23-16(13-4-3-7-18-12-13)21-8-10-22(11-9-21)17-19-14-5-1-2-6-15(14)20-17/h1-7,12H,8-11H2,(H,19,20). The Balaban J connectivity index is 1.45. The quantitative estimate of drug-likeness (QED) is 0.785. The second kappa shape index (κ2) is 5.72. The third-order valence-corrected chi connectivity index (χ3v) is 4.15. The first-order chi connectivity index (χ1) is 11.3. The van der Waals surface area contributed by atoms with E-state index in [1.54, 1.807) is 24.5 Å².